The highest BCUT2D eigenvalue weighted by atomic mass is 16.3. The Labute approximate surface area is 130 Å². The summed E-state index contributed by atoms with van der Waals surface area (Å²) in [6, 6.07) is 11.2. The van der Waals surface area contributed by atoms with Gasteiger partial charge in [0.05, 0.1) is 24.9 Å². The summed E-state index contributed by atoms with van der Waals surface area (Å²) < 4.78 is 1.75. The first kappa shape index (κ1) is 16.0. The van der Waals surface area contributed by atoms with Gasteiger partial charge >= 0.3 is 6.03 Å². The van der Waals surface area contributed by atoms with Crippen molar-refractivity contribution < 1.29 is 9.90 Å². The molecule has 0 aliphatic heterocycles. The van der Waals surface area contributed by atoms with Gasteiger partial charge in [0.1, 0.15) is 5.82 Å². The summed E-state index contributed by atoms with van der Waals surface area (Å²) >= 11 is 0. The molecule has 3 N–H and O–H groups in total. The van der Waals surface area contributed by atoms with Crippen LogP contribution >= 0.6 is 0 Å². The van der Waals surface area contributed by atoms with Crippen LogP contribution in [0.4, 0.5) is 10.6 Å². The first-order chi connectivity index (χ1) is 10.6. The zero-order chi connectivity index (χ0) is 15.9. The molecule has 0 saturated carbocycles. The van der Waals surface area contributed by atoms with Crippen molar-refractivity contribution >= 4 is 11.8 Å². The molecule has 6 nitrogen and oxygen atoms in total. The van der Waals surface area contributed by atoms with Gasteiger partial charge in [-0.25, -0.2) is 9.48 Å². The molecule has 0 radical (unpaired) electrons. The number of amides is 2. The van der Waals surface area contributed by atoms with E-state index in [4.69, 9.17) is 5.11 Å². The van der Waals surface area contributed by atoms with E-state index in [1.165, 1.54) is 0 Å². The van der Waals surface area contributed by atoms with Crippen molar-refractivity contribution in [2.75, 3.05) is 11.9 Å². The van der Waals surface area contributed by atoms with E-state index in [1.807, 2.05) is 50.2 Å². The summed E-state index contributed by atoms with van der Waals surface area (Å²) in [4.78, 5) is 12.0. The lowest BCUT2D eigenvalue weighted by molar-refractivity contribution is 0.222. The fourth-order valence-corrected chi connectivity index (χ4v) is 2.14. The van der Waals surface area contributed by atoms with Gasteiger partial charge in [-0.2, -0.15) is 5.10 Å². The van der Waals surface area contributed by atoms with Crippen LogP contribution in [0.15, 0.2) is 36.4 Å². The molecule has 0 spiro atoms. The Bertz CT molecular complexity index is 606. The Hall–Kier alpha value is -2.34. The summed E-state index contributed by atoms with van der Waals surface area (Å²) in [6.45, 7) is 4.30. The Morgan fingerprint density at radius 3 is 2.73 bits per heavy atom. The lowest BCUT2D eigenvalue weighted by atomic mass is 10.2. The Morgan fingerprint density at radius 2 is 2.09 bits per heavy atom. The third-order valence-corrected chi connectivity index (χ3v) is 3.37. The molecule has 0 fully saturated rings. The van der Waals surface area contributed by atoms with Gasteiger partial charge in [-0.05, 0) is 18.9 Å². The van der Waals surface area contributed by atoms with Crippen molar-refractivity contribution in [1.29, 1.82) is 0 Å². The van der Waals surface area contributed by atoms with E-state index in [1.54, 1.807) is 4.68 Å². The van der Waals surface area contributed by atoms with Crippen LogP contribution in [0.25, 0.3) is 0 Å². The van der Waals surface area contributed by atoms with Crippen molar-refractivity contribution in [3.8, 4) is 0 Å². The number of aromatic nitrogens is 2. The summed E-state index contributed by atoms with van der Waals surface area (Å²) in [7, 11) is 0. The standard InChI is InChI=1S/C16H22N4O2/c1-3-14(11-21)17-16(22)18-15-9-12(2)19-20(15)10-13-7-5-4-6-8-13/h4-9,14,21H,3,10-11H2,1-2H3,(H2,17,18,22). The SMILES string of the molecule is CCC(CO)NC(=O)Nc1cc(C)nn1Cc1ccccc1. The first-order valence-corrected chi connectivity index (χ1v) is 7.39. The average molecular weight is 302 g/mol. The molecule has 22 heavy (non-hydrogen) atoms. The number of nitrogens with zero attached hydrogens (tertiary/aromatic N) is 2. The molecular formula is C16H22N4O2. The highest BCUT2D eigenvalue weighted by Crippen LogP contribution is 2.13. The van der Waals surface area contributed by atoms with E-state index in [9.17, 15) is 4.79 Å². The number of carbonyl (C=O) groups excluding carboxylic acids is 1. The van der Waals surface area contributed by atoms with Gasteiger partial charge in [0.15, 0.2) is 0 Å². The fourth-order valence-electron chi connectivity index (χ4n) is 2.14. The molecule has 1 unspecified atom stereocenters. The molecule has 0 aliphatic rings. The van der Waals surface area contributed by atoms with Crippen molar-refractivity contribution in [2.45, 2.75) is 32.9 Å². The molecule has 1 heterocycles. The van der Waals surface area contributed by atoms with Crippen LogP contribution in [-0.2, 0) is 6.54 Å². The van der Waals surface area contributed by atoms with Crippen LogP contribution in [-0.4, -0.2) is 33.6 Å². The number of aliphatic hydroxyl groups is 1. The van der Waals surface area contributed by atoms with Crippen LogP contribution in [0, 0.1) is 6.92 Å². The molecular weight excluding hydrogens is 280 g/mol. The molecule has 1 atom stereocenters. The van der Waals surface area contributed by atoms with Crippen LogP contribution in [0.2, 0.25) is 0 Å². The predicted molar refractivity (Wildman–Crippen MR) is 85.8 cm³/mol. The largest absolute Gasteiger partial charge is 0.394 e. The van der Waals surface area contributed by atoms with E-state index >= 15 is 0 Å². The lowest BCUT2D eigenvalue weighted by Crippen LogP contribution is -2.40. The van der Waals surface area contributed by atoms with Gasteiger partial charge in [0, 0.05) is 6.07 Å². The number of anilines is 1. The predicted octanol–water partition coefficient (Wildman–Crippen LogP) is 2.13. The minimum absolute atomic E-state index is 0.0772. The summed E-state index contributed by atoms with van der Waals surface area (Å²) in [5, 5.41) is 19.1. The number of hydrogen-bond donors (Lipinski definition) is 3. The van der Waals surface area contributed by atoms with Gasteiger partial charge in [0.2, 0.25) is 0 Å². The number of hydrogen-bond acceptors (Lipinski definition) is 3. The van der Waals surface area contributed by atoms with Crippen molar-refractivity contribution in [3.05, 3.63) is 47.7 Å². The zero-order valence-corrected chi connectivity index (χ0v) is 12.9. The maximum atomic E-state index is 12.0. The van der Waals surface area contributed by atoms with E-state index in [0.717, 1.165) is 11.3 Å². The van der Waals surface area contributed by atoms with E-state index in [-0.39, 0.29) is 18.7 Å². The van der Waals surface area contributed by atoms with Gasteiger partial charge in [0.25, 0.3) is 0 Å². The average Bonchev–Trinajstić information content (AvgIpc) is 2.85. The maximum Gasteiger partial charge on any atom is 0.320 e. The van der Waals surface area contributed by atoms with Crippen molar-refractivity contribution in [2.24, 2.45) is 0 Å². The van der Waals surface area contributed by atoms with Crippen molar-refractivity contribution in [3.63, 3.8) is 0 Å². The molecule has 2 rings (SSSR count). The quantitative estimate of drug-likeness (QED) is 0.765. The highest BCUT2D eigenvalue weighted by molar-refractivity contribution is 5.88. The summed E-state index contributed by atoms with van der Waals surface area (Å²) in [6.07, 6.45) is 0.673. The number of aryl methyl sites for hydroxylation is 1. The number of urea groups is 1. The Balaban J connectivity index is 2.06. The molecule has 0 bridgehead atoms. The second-order valence-corrected chi connectivity index (χ2v) is 5.20. The van der Waals surface area contributed by atoms with E-state index < -0.39 is 0 Å². The third-order valence-electron chi connectivity index (χ3n) is 3.37. The van der Waals surface area contributed by atoms with Crippen LogP contribution in [0.5, 0.6) is 0 Å². The molecule has 1 aromatic carbocycles. The minimum atomic E-state index is -0.338. The summed E-state index contributed by atoms with van der Waals surface area (Å²) in [5.41, 5.74) is 1.94. The van der Waals surface area contributed by atoms with Gasteiger partial charge in [-0.15, -0.1) is 0 Å². The molecule has 6 heteroatoms. The zero-order valence-electron chi connectivity index (χ0n) is 12.9. The monoisotopic (exact) mass is 302 g/mol. The molecule has 0 aliphatic carbocycles. The summed E-state index contributed by atoms with van der Waals surface area (Å²) in [5.74, 6) is 0.631. The Morgan fingerprint density at radius 1 is 1.36 bits per heavy atom. The number of aliphatic hydroxyl groups excluding tert-OH is 1. The Kier molecular flexibility index (Phi) is 5.55. The third kappa shape index (κ3) is 4.33. The van der Waals surface area contributed by atoms with Gasteiger partial charge in [-0.3, -0.25) is 5.32 Å². The number of nitrogens with one attached hydrogen (secondary N) is 2. The molecule has 0 saturated heterocycles. The second-order valence-electron chi connectivity index (χ2n) is 5.20. The van der Waals surface area contributed by atoms with Gasteiger partial charge in [-0.1, -0.05) is 37.3 Å². The van der Waals surface area contributed by atoms with Crippen molar-refractivity contribution in [1.82, 2.24) is 15.1 Å². The van der Waals surface area contributed by atoms with E-state index in [0.29, 0.717) is 18.8 Å². The van der Waals surface area contributed by atoms with E-state index in [2.05, 4.69) is 15.7 Å². The number of carbonyl (C=O) groups is 1. The maximum absolute atomic E-state index is 12.0. The van der Waals surface area contributed by atoms with Crippen LogP contribution in [0.3, 0.4) is 0 Å². The van der Waals surface area contributed by atoms with Gasteiger partial charge < -0.3 is 10.4 Å². The molecule has 2 aromatic rings. The normalized spacial score (nSPS) is 12.0. The molecule has 1 aromatic heterocycles. The van der Waals surface area contributed by atoms with Crippen LogP contribution in [0.1, 0.15) is 24.6 Å². The molecule has 118 valence electrons. The number of benzene rings is 1. The smallest absolute Gasteiger partial charge is 0.320 e. The first-order valence-electron chi connectivity index (χ1n) is 7.39. The van der Waals surface area contributed by atoms with Crippen LogP contribution < -0.4 is 10.6 Å². The minimum Gasteiger partial charge on any atom is -0.394 e. The lowest BCUT2D eigenvalue weighted by Gasteiger charge is -2.15. The fraction of sp³-hybridized carbons (Fsp3) is 0.375. The highest BCUT2D eigenvalue weighted by Gasteiger charge is 2.12. The number of rotatable bonds is 6. The molecule has 2 amide bonds. The topological polar surface area (TPSA) is 79.2 Å². The second kappa shape index (κ2) is 7.61.